The number of fused-ring (bicyclic) bond motifs is 1. The molecule has 2 aromatic rings. The Balaban J connectivity index is 2.41. The van der Waals surface area contributed by atoms with E-state index in [9.17, 15) is 4.79 Å². The van der Waals surface area contributed by atoms with Crippen molar-refractivity contribution >= 4 is 40.2 Å². The van der Waals surface area contributed by atoms with Crippen LogP contribution in [0.3, 0.4) is 0 Å². The van der Waals surface area contributed by atoms with E-state index in [2.05, 4.69) is 9.72 Å². The van der Waals surface area contributed by atoms with Crippen LogP contribution in [0.25, 0.3) is 10.9 Å². The molecule has 0 fully saturated rings. The van der Waals surface area contributed by atoms with Gasteiger partial charge < -0.3 is 4.74 Å². The number of aryl methyl sites for hydroxylation is 1. The van der Waals surface area contributed by atoms with Crippen LogP contribution in [0.5, 0.6) is 0 Å². The number of carbonyl (C=O) groups is 1. The minimum Gasteiger partial charge on any atom is -0.468 e. The van der Waals surface area contributed by atoms with Gasteiger partial charge in [-0.15, -0.1) is 11.8 Å². The van der Waals surface area contributed by atoms with Gasteiger partial charge in [0, 0.05) is 10.3 Å². The standard InChI is InChI=1S/C13H12ClNO2S/c1-8-3-4-10-9(5-8)11(6-12(14)15-10)18-7-13(16)17-2/h3-6H,7H2,1-2H3. The zero-order valence-corrected chi connectivity index (χ0v) is 11.6. The van der Waals surface area contributed by atoms with E-state index in [-0.39, 0.29) is 11.7 Å². The van der Waals surface area contributed by atoms with Gasteiger partial charge in [-0.3, -0.25) is 4.79 Å². The van der Waals surface area contributed by atoms with E-state index in [1.54, 1.807) is 6.07 Å². The normalized spacial score (nSPS) is 10.6. The van der Waals surface area contributed by atoms with E-state index >= 15 is 0 Å². The smallest absolute Gasteiger partial charge is 0.315 e. The summed E-state index contributed by atoms with van der Waals surface area (Å²) in [4.78, 5) is 16.4. The molecule has 1 heterocycles. The number of carbonyl (C=O) groups excluding carboxylic acids is 1. The first kappa shape index (κ1) is 13.2. The average Bonchev–Trinajstić information content (AvgIpc) is 2.36. The molecule has 0 aliphatic rings. The lowest BCUT2D eigenvalue weighted by atomic mass is 10.1. The molecular formula is C13H12ClNO2S. The molecule has 0 bridgehead atoms. The SMILES string of the molecule is COC(=O)CSc1cc(Cl)nc2ccc(C)cc12. The number of methoxy groups -OCH3 is 1. The maximum atomic E-state index is 11.2. The predicted octanol–water partition coefficient (Wildman–Crippen LogP) is 3.46. The fourth-order valence-electron chi connectivity index (χ4n) is 1.59. The Bertz CT molecular complexity index is 601. The summed E-state index contributed by atoms with van der Waals surface area (Å²) in [6.07, 6.45) is 0. The molecule has 0 atom stereocenters. The second kappa shape index (κ2) is 5.59. The number of hydrogen-bond donors (Lipinski definition) is 0. The van der Waals surface area contributed by atoms with Crippen LogP contribution in [0.15, 0.2) is 29.2 Å². The number of pyridine rings is 1. The van der Waals surface area contributed by atoms with Crippen LogP contribution in [-0.2, 0) is 9.53 Å². The van der Waals surface area contributed by atoms with E-state index in [0.29, 0.717) is 5.15 Å². The molecule has 0 amide bonds. The number of halogens is 1. The van der Waals surface area contributed by atoms with E-state index in [4.69, 9.17) is 11.6 Å². The van der Waals surface area contributed by atoms with Crippen molar-refractivity contribution in [2.24, 2.45) is 0 Å². The summed E-state index contributed by atoms with van der Waals surface area (Å²) in [6, 6.07) is 7.73. The number of ether oxygens (including phenoxy) is 1. The van der Waals surface area contributed by atoms with E-state index < -0.39 is 0 Å². The summed E-state index contributed by atoms with van der Waals surface area (Å²) in [5.74, 6) is 0.00798. The van der Waals surface area contributed by atoms with Crippen molar-refractivity contribution in [2.75, 3.05) is 12.9 Å². The molecular weight excluding hydrogens is 270 g/mol. The van der Waals surface area contributed by atoms with Crippen LogP contribution in [0.1, 0.15) is 5.56 Å². The van der Waals surface area contributed by atoms with E-state index in [1.165, 1.54) is 18.9 Å². The minimum absolute atomic E-state index is 0.256. The lowest BCUT2D eigenvalue weighted by Crippen LogP contribution is -2.03. The van der Waals surface area contributed by atoms with Crippen LogP contribution >= 0.6 is 23.4 Å². The highest BCUT2D eigenvalue weighted by atomic mass is 35.5. The zero-order chi connectivity index (χ0) is 13.1. The Kier molecular flexibility index (Phi) is 4.09. The molecule has 0 saturated heterocycles. The van der Waals surface area contributed by atoms with Crippen LogP contribution in [-0.4, -0.2) is 23.8 Å². The fourth-order valence-corrected chi connectivity index (χ4v) is 2.76. The molecule has 0 aliphatic carbocycles. The first-order chi connectivity index (χ1) is 8.60. The molecule has 94 valence electrons. The van der Waals surface area contributed by atoms with Crippen molar-refractivity contribution in [1.82, 2.24) is 4.98 Å². The summed E-state index contributed by atoms with van der Waals surface area (Å²) >= 11 is 7.38. The number of thioether (sulfide) groups is 1. The number of nitrogens with zero attached hydrogens (tertiary/aromatic N) is 1. The van der Waals surface area contributed by atoms with Gasteiger partial charge in [0.1, 0.15) is 5.15 Å². The van der Waals surface area contributed by atoms with Gasteiger partial charge in [0.05, 0.1) is 18.4 Å². The van der Waals surface area contributed by atoms with Gasteiger partial charge in [-0.25, -0.2) is 4.98 Å². The monoisotopic (exact) mass is 281 g/mol. The molecule has 0 unspecified atom stereocenters. The molecule has 2 rings (SSSR count). The first-order valence-electron chi connectivity index (χ1n) is 5.36. The molecule has 0 spiro atoms. The highest BCUT2D eigenvalue weighted by Crippen LogP contribution is 2.30. The summed E-state index contributed by atoms with van der Waals surface area (Å²) < 4.78 is 4.63. The Morgan fingerprint density at radius 1 is 1.44 bits per heavy atom. The van der Waals surface area contributed by atoms with Crippen molar-refractivity contribution in [3.63, 3.8) is 0 Å². The molecule has 0 aliphatic heterocycles. The Morgan fingerprint density at radius 2 is 2.22 bits per heavy atom. The van der Waals surface area contributed by atoms with Gasteiger partial charge in [0.25, 0.3) is 0 Å². The van der Waals surface area contributed by atoms with Crippen LogP contribution in [0.2, 0.25) is 5.15 Å². The Morgan fingerprint density at radius 3 is 2.94 bits per heavy atom. The van der Waals surface area contributed by atoms with Gasteiger partial charge >= 0.3 is 5.97 Å². The van der Waals surface area contributed by atoms with Crippen molar-refractivity contribution in [2.45, 2.75) is 11.8 Å². The molecule has 1 aromatic heterocycles. The van der Waals surface area contributed by atoms with Gasteiger partial charge in [-0.1, -0.05) is 23.2 Å². The lowest BCUT2D eigenvalue weighted by Gasteiger charge is -2.07. The lowest BCUT2D eigenvalue weighted by molar-refractivity contribution is -0.137. The van der Waals surface area contributed by atoms with E-state index in [1.807, 2.05) is 25.1 Å². The number of benzene rings is 1. The molecule has 3 nitrogen and oxygen atoms in total. The molecule has 0 saturated carbocycles. The maximum Gasteiger partial charge on any atom is 0.315 e. The fraction of sp³-hybridized carbons (Fsp3) is 0.231. The highest BCUT2D eigenvalue weighted by Gasteiger charge is 2.08. The van der Waals surface area contributed by atoms with Crippen molar-refractivity contribution < 1.29 is 9.53 Å². The molecule has 18 heavy (non-hydrogen) atoms. The van der Waals surface area contributed by atoms with Gasteiger partial charge in [0.15, 0.2) is 0 Å². The van der Waals surface area contributed by atoms with E-state index in [0.717, 1.165) is 21.4 Å². The Labute approximate surface area is 114 Å². The summed E-state index contributed by atoms with van der Waals surface area (Å²) in [6.45, 7) is 2.02. The third-order valence-electron chi connectivity index (χ3n) is 2.47. The molecule has 1 aromatic carbocycles. The van der Waals surface area contributed by atoms with Gasteiger partial charge in [0.2, 0.25) is 0 Å². The summed E-state index contributed by atoms with van der Waals surface area (Å²) in [5.41, 5.74) is 1.98. The summed E-state index contributed by atoms with van der Waals surface area (Å²) in [7, 11) is 1.38. The predicted molar refractivity (Wildman–Crippen MR) is 74.2 cm³/mol. The van der Waals surface area contributed by atoms with Crippen molar-refractivity contribution in [1.29, 1.82) is 0 Å². The third kappa shape index (κ3) is 2.94. The first-order valence-corrected chi connectivity index (χ1v) is 6.73. The number of hydrogen-bond acceptors (Lipinski definition) is 4. The maximum absolute atomic E-state index is 11.2. The number of rotatable bonds is 3. The molecule has 0 N–H and O–H groups in total. The quantitative estimate of drug-likeness (QED) is 0.491. The molecule has 5 heteroatoms. The largest absolute Gasteiger partial charge is 0.468 e. The van der Waals surface area contributed by atoms with Gasteiger partial charge in [-0.05, 0) is 25.1 Å². The number of esters is 1. The second-order valence-electron chi connectivity index (χ2n) is 3.83. The minimum atomic E-state index is -0.256. The Hall–Kier alpha value is -1.26. The van der Waals surface area contributed by atoms with Crippen LogP contribution in [0, 0.1) is 6.92 Å². The van der Waals surface area contributed by atoms with Crippen LogP contribution < -0.4 is 0 Å². The summed E-state index contributed by atoms with van der Waals surface area (Å²) in [5, 5.41) is 1.44. The van der Waals surface area contributed by atoms with Crippen molar-refractivity contribution in [3.8, 4) is 0 Å². The topological polar surface area (TPSA) is 39.2 Å². The van der Waals surface area contributed by atoms with Crippen LogP contribution in [0.4, 0.5) is 0 Å². The second-order valence-corrected chi connectivity index (χ2v) is 5.23. The zero-order valence-electron chi connectivity index (χ0n) is 10.1. The average molecular weight is 282 g/mol. The highest BCUT2D eigenvalue weighted by molar-refractivity contribution is 8.00. The third-order valence-corrected chi connectivity index (χ3v) is 3.69. The number of aromatic nitrogens is 1. The molecule has 0 radical (unpaired) electrons. The van der Waals surface area contributed by atoms with Crippen molar-refractivity contribution in [3.05, 3.63) is 35.0 Å². The van der Waals surface area contributed by atoms with Gasteiger partial charge in [-0.2, -0.15) is 0 Å².